The summed E-state index contributed by atoms with van der Waals surface area (Å²) in [6.07, 6.45) is 0. The van der Waals surface area contributed by atoms with Crippen molar-refractivity contribution in [2.24, 2.45) is 0 Å². The number of benzene rings is 1. The third kappa shape index (κ3) is 3.21. The standard InChI is InChI=1S/C14H20Cl2N2O2/c1-9-7-17-3-4-18(9)13(8-19)10-5-11(15)14(20-2)12(16)6-10/h5-6,9,13,17,19H,3-4,7-8H2,1-2H3. The van der Waals surface area contributed by atoms with Crippen LogP contribution in [-0.2, 0) is 0 Å². The van der Waals surface area contributed by atoms with E-state index in [4.69, 9.17) is 27.9 Å². The van der Waals surface area contributed by atoms with Gasteiger partial charge >= 0.3 is 0 Å². The molecule has 0 radical (unpaired) electrons. The van der Waals surface area contributed by atoms with E-state index in [2.05, 4.69) is 17.1 Å². The van der Waals surface area contributed by atoms with E-state index in [0.717, 1.165) is 25.2 Å². The van der Waals surface area contributed by atoms with Crippen LogP contribution < -0.4 is 10.1 Å². The number of nitrogens with zero attached hydrogens (tertiary/aromatic N) is 1. The summed E-state index contributed by atoms with van der Waals surface area (Å²) >= 11 is 12.4. The van der Waals surface area contributed by atoms with Gasteiger partial charge in [-0.25, -0.2) is 0 Å². The summed E-state index contributed by atoms with van der Waals surface area (Å²) in [5, 5.41) is 14.1. The van der Waals surface area contributed by atoms with Crippen LogP contribution in [0.15, 0.2) is 12.1 Å². The number of halogens is 2. The molecule has 1 aromatic carbocycles. The van der Waals surface area contributed by atoms with Crippen molar-refractivity contribution in [1.82, 2.24) is 10.2 Å². The van der Waals surface area contributed by atoms with E-state index >= 15 is 0 Å². The van der Waals surface area contributed by atoms with Gasteiger partial charge in [-0.05, 0) is 24.6 Å². The van der Waals surface area contributed by atoms with E-state index in [1.54, 1.807) is 0 Å². The van der Waals surface area contributed by atoms with Gasteiger partial charge in [-0.2, -0.15) is 0 Å². The number of hydrogen-bond acceptors (Lipinski definition) is 4. The smallest absolute Gasteiger partial charge is 0.156 e. The highest BCUT2D eigenvalue weighted by Crippen LogP contribution is 2.37. The molecule has 2 unspecified atom stereocenters. The SMILES string of the molecule is COc1c(Cl)cc(C(CO)N2CCNCC2C)cc1Cl. The zero-order chi connectivity index (χ0) is 14.7. The third-order valence-corrected chi connectivity index (χ3v) is 4.30. The molecule has 0 spiro atoms. The molecule has 1 aromatic rings. The number of hydrogen-bond donors (Lipinski definition) is 2. The third-order valence-electron chi connectivity index (χ3n) is 3.74. The molecule has 2 rings (SSSR count). The van der Waals surface area contributed by atoms with Crippen molar-refractivity contribution in [1.29, 1.82) is 0 Å². The Balaban J connectivity index is 2.31. The normalized spacial score (nSPS) is 21.8. The maximum atomic E-state index is 9.78. The van der Waals surface area contributed by atoms with Gasteiger partial charge in [-0.15, -0.1) is 0 Å². The molecular formula is C14H20Cl2N2O2. The highest BCUT2D eigenvalue weighted by atomic mass is 35.5. The molecule has 0 bridgehead atoms. The van der Waals surface area contributed by atoms with Crippen LogP contribution in [-0.4, -0.2) is 49.4 Å². The van der Waals surface area contributed by atoms with Crippen LogP contribution in [0.1, 0.15) is 18.5 Å². The number of aliphatic hydroxyl groups excluding tert-OH is 1. The molecule has 2 atom stereocenters. The summed E-state index contributed by atoms with van der Waals surface area (Å²) in [6, 6.07) is 3.89. The summed E-state index contributed by atoms with van der Waals surface area (Å²) in [7, 11) is 1.54. The molecule has 0 aromatic heterocycles. The second kappa shape index (κ2) is 6.96. The lowest BCUT2D eigenvalue weighted by Crippen LogP contribution is -2.51. The van der Waals surface area contributed by atoms with Crippen LogP contribution in [0.25, 0.3) is 0 Å². The van der Waals surface area contributed by atoms with Crippen molar-refractivity contribution in [2.75, 3.05) is 33.4 Å². The number of aliphatic hydroxyl groups is 1. The molecule has 1 fully saturated rings. The average molecular weight is 319 g/mol. The number of piperazine rings is 1. The first-order valence-corrected chi connectivity index (χ1v) is 7.44. The lowest BCUT2D eigenvalue weighted by atomic mass is 10.0. The Labute approximate surface area is 129 Å². The van der Waals surface area contributed by atoms with Crippen molar-refractivity contribution >= 4 is 23.2 Å². The van der Waals surface area contributed by atoms with Gasteiger partial charge in [0.05, 0.1) is 29.8 Å². The van der Waals surface area contributed by atoms with Gasteiger partial charge in [-0.3, -0.25) is 4.90 Å². The Morgan fingerprint density at radius 1 is 1.45 bits per heavy atom. The number of methoxy groups -OCH3 is 1. The van der Waals surface area contributed by atoms with Crippen molar-refractivity contribution in [3.8, 4) is 5.75 Å². The van der Waals surface area contributed by atoms with Gasteiger partial charge in [0, 0.05) is 25.7 Å². The summed E-state index contributed by atoms with van der Waals surface area (Å²) in [6.45, 7) is 4.88. The Morgan fingerprint density at radius 2 is 2.10 bits per heavy atom. The Hall–Kier alpha value is -0.520. The molecule has 1 aliphatic heterocycles. The topological polar surface area (TPSA) is 44.7 Å². The first-order chi connectivity index (χ1) is 9.58. The summed E-state index contributed by atoms with van der Waals surface area (Å²) in [4.78, 5) is 2.27. The van der Waals surface area contributed by atoms with Gasteiger partial charge in [0.1, 0.15) is 0 Å². The quantitative estimate of drug-likeness (QED) is 0.894. The predicted octanol–water partition coefficient (Wildman–Crippen LogP) is 2.33. The Morgan fingerprint density at radius 3 is 2.60 bits per heavy atom. The molecule has 2 N–H and O–H groups in total. The molecular weight excluding hydrogens is 299 g/mol. The summed E-state index contributed by atoms with van der Waals surface area (Å²) < 4.78 is 5.16. The first kappa shape index (κ1) is 15.9. The molecule has 112 valence electrons. The molecule has 4 nitrogen and oxygen atoms in total. The van der Waals surface area contributed by atoms with Crippen molar-refractivity contribution in [3.63, 3.8) is 0 Å². The lowest BCUT2D eigenvalue weighted by molar-refractivity contribution is 0.0723. The maximum Gasteiger partial charge on any atom is 0.156 e. The zero-order valence-corrected chi connectivity index (χ0v) is 13.2. The Bertz CT molecular complexity index is 447. The molecule has 1 heterocycles. The number of rotatable bonds is 4. The lowest BCUT2D eigenvalue weighted by Gasteiger charge is -2.39. The zero-order valence-electron chi connectivity index (χ0n) is 11.7. The summed E-state index contributed by atoms with van der Waals surface area (Å²) in [5.74, 6) is 0.474. The highest BCUT2D eigenvalue weighted by molar-refractivity contribution is 6.37. The van der Waals surface area contributed by atoms with E-state index in [1.807, 2.05) is 12.1 Å². The van der Waals surface area contributed by atoms with Crippen LogP contribution in [0.3, 0.4) is 0 Å². The fourth-order valence-electron chi connectivity index (χ4n) is 2.69. The van der Waals surface area contributed by atoms with Gasteiger partial charge in [0.15, 0.2) is 5.75 Å². The fraction of sp³-hybridized carbons (Fsp3) is 0.571. The van der Waals surface area contributed by atoms with Crippen LogP contribution in [0.4, 0.5) is 0 Å². The van der Waals surface area contributed by atoms with Crippen LogP contribution >= 0.6 is 23.2 Å². The van der Waals surface area contributed by atoms with E-state index in [-0.39, 0.29) is 12.6 Å². The minimum atomic E-state index is -0.104. The van der Waals surface area contributed by atoms with Crippen LogP contribution in [0.5, 0.6) is 5.75 Å². The summed E-state index contributed by atoms with van der Waals surface area (Å²) in [5.41, 5.74) is 0.914. The molecule has 0 aliphatic carbocycles. The van der Waals surface area contributed by atoms with E-state index in [1.165, 1.54) is 7.11 Å². The van der Waals surface area contributed by atoms with E-state index in [9.17, 15) is 5.11 Å². The average Bonchev–Trinajstić information content (AvgIpc) is 2.41. The monoisotopic (exact) mass is 318 g/mol. The molecule has 6 heteroatoms. The second-order valence-corrected chi connectivity index (χ2v) is 5.82. The highest BCUT2D eigenvalue weighted by Gasteiger charge is 2.27. The molecule has 0 amide bonds. The van der Waals surface area contributed by atoms with Gasteiger partial charge in [0.25, 0.3) is 0 Å². The number of ether oxygens (including phenoxy) is 1. The van der Waals surface area contributed by atoms with E-state index in [0.29, 0.717) is 21.8 Å². The minimum Gasteiger partial charge on any atom is -0.494 e. The van der Waals surface area contributed by atoms with Crippen molar-refractivity contribution in [2.45, 2.75) is 19.0 Å². The molecule has 1 saturated heterocycles. The maximum absolute atomic E-state index is 9.78. The molecule has 20 heavy (non-hydrogen) atoms. The minimum absolute atomic E-state index is 0.0311. The number of nitrogens with one attached hydrogen (secondary N) is 1. The van der Waals surface area contributed by atoms with Crippen LogP contribution in [0, 0.1) is 0 Å². The van der Waals surface area contributed by atoms with Gasteiger partial charge in [0.2, 0.25) is 0 Å². The van der Waals surface area contributed by atoms with Crippen molar-refractivity contribution < 1.29 is 9.84 Å². The van der Waals surface area contributed by atoms with Gasteiger partial charge < -0.3 is 15.2 Å². The van der Waals surface area contributed by atoms with Gasteiger partial charge in [-0.1, -0.05) is 23.2 Å². The predicted molar refractivity (Wildman–Crippen MR) is 81.9 cm³/mol. The van der Waals surface area contributed by atoms with E-state index < -0.39 is 0 Å². The second-order valence-electron chi connectivity index (χ2n) is 5.01. The molecule has 1 aliphatic rings. The largest absolute Gasteiger partial charge is 0.494 e. The first-order valence-electron chi connectivity index (χ1n) is 6.68. The fourth-order valence-corrected chi connectivity index (χ4v) is 3.35. The Kier molecular flexibility index (Phi) is 5.52. The molecule has 0 saturated carbocycles. The van der Waals surface area contributed by atoms with Crippen LogP contribution in [0.2, 0.25) is 10.0 Å². The van der Waals surface area contributed by atoms with Crippen molar-refractivity contribution in [3.05, 3.63) is 27.7 Å².